The van der Waals surface area contributed by atoms with Gasteiger partial charge in [0, 0.05) is 32.6 Å². The van der Waals surface area contributed by atoms with Crippen molar-refractivity contribution in [2.45, 2.75) is 64.0 Å². The average Bonchev–Trinajstić information content (AvgIpc) is 2.92. The average molecular weight is 309 g/mol. The van der Waals surface area contributed by atoms with Gasteiger partial charge in [0.05, 0.1) is 0 Å². The zero-order valence-corrected chi connectivity index (χ0v) is 14.4. The Hall–Kier alpha value is -1.10. The molecule has 0 aromatic heterocycles. The van der Waals surface area contributed by atoms with E-state index in [1.54, 1.807) is 0 Å². The SMILES string of the molecule is CCCC(=O)N1CCCC[C@H]1C(=O)N(C)C[C@@H]1CCCN1C. The van der Waals surface area contributed by atoms with Gasteiger partial charge in [-0.2, -0.15) is 0 Å². The van der Waals surface area contributed by atoms with Gasteiger partial charge in [-0.3, -0.25) is 9.59 Å². The molecule has 2 amide bonds. The Balaban J connectivity index is 1.97. The maximum absolute atomic E-state index is 12.8. The molecule has 2 saturated heterocycles. The van der Waals surface area contributed by atoms with E-state index in [1.807, 2.05) is 23.8 Å². The molecule has 0 bridgehead atoms. The van der Waals surface area contributed by atoms with Crippen LogP contribution >= 0.6 is 0 Å². The maximum Gasteiger partial charge on any atom is 0.245 e. The molecule has 0 N–H and O–H groups in total. The summed E-state index contributed by atoms with van der Waals surface area (Å²) in [6.45, 7) is 4.66. The highest BCUT2D eigenvalue weighted by Gasteiger charge is 2.34. The van der Waals surface area contributed by atoms with Gasteiger partial charge in [-0.25, -0.2) is 0 Å². The number of carbonyl (C=O) groups is 2. The number of rotatable bonds is 5. The molecule has 0 saturated carbocycles. The first kappa shape index (κ1) is 17.3. The largest absolute Gasteiger partial charge is 0.342 e. The standard InChI is InChI=1S/C17H31N3O2/c1-4-8-16(21)20-12-6-5-10-15(20)17(22)19(3)13-14-9-7-11-18(14)2/h14-15H,4-13H2,1-3H3/t14-,15-/m0/s1. The van der Waals surface area contributed by atoms with Crippen LogP contribution in [0, 0.1) is 0 Å². The van der Waals surface area contributed by atoms with E-state index in [4.69, 9.17) is 0 Å². The quantitative estimate of drug-likeness (QED) is 0.777. The van der Waals surface area contributed by atoms with Gasteiger partial charge in [0.15, 0.2) is 0 Å². The number of nitrogens with zero attached hydrogens (tertiary/aromatic N) is 3. The van der Waals surface area contributed by atoms with Crippen molar-refractivity contribution in [1.82, 2.24) is 14.7 Å². The van der Waals surface area contributed by atoms with E-state index < -0.39 is 0 Å². The van der Waals surface area contributed by atoms with Crippen molar-refractivity contribution >= 4 is 11.8 Å². The molecule has 2 aliphatic rings. The number of amides is 2. The van der Waals surface area contributed by atoms with Crippen molar-refractivity contribution in [2.24, 2.45) is 0 Å². The summed E-state index contributed by atoms with van der Waals surface area (Å²) in [6, 6.07) is 0.238. The van der Waals surface area contributed by atoms with Crippen LogP contribution in [-0.4, -0.2) is 72.3 Å². The minimum atomic E-state index is -0.232. The van der Waals surface area contributed by atoms with Crippen LogP contribution < -0.4 is 0 Å². The molecule has 0 spiro atoms. The first-order valence-electron chi connectivity index (χ1n) is 8.79. The van der Waals surface area contributed by atoms with E-state index in [-0.39, 0.29) is 17.9 Å². The lowest BCUT2D eigenvalue weighted by Crippen LogP contribution is -2.53. The van der Waals surface area contributed by atoms with E-state index >= 15 is 0 Å². The molecule has 0 aliphatic carbocycles. The van der Waals surface area contributed by atoms with Crippen LogP contribution in [0.25, 0.3) is 0 Å². The highest BCUT2D eigenvalue weighted by molar-refractivity contribution is 5.87. The Bertz CT molecular complexity index is 399. The van der Waals surface area contributed by atoms with Gasteiger partial charge in [-0.05, 0) is 52.1 Å². The van der Waals surface area contributed by atoms with Crippen molar-refractivity contribution in [3.8, 4) is 0 Å². The number of piperidine rings is 1. The van der Waals surface area contributed by atoms with Crippen LogP contribution in [0.1, 0.15) is 51.9 Å². The molecular formula is C17H31N3O2. The molecule has 2 rings (SSSR count). The van der Waals surface area contributed by atoms with E-state index in [0.29, 0.717) is 12.5 Å². The summed E-state index contributed by atoms with van der Waals surface area (Å²) in [5.41, 5.74) is 0. The third kappa shape index (κ3) is 4.00. The van der Waals surface area contributed by atoms with Crippen molar-refractivity contribution in [2.75, 3.05) is 33.7 Å². The monoisotopic (exact) mass is 309 g/mol. The molecule has 5 heteroatoms. The van der Waals surface area contributed by atoms with Crippen LogP contribution in [-0.2, 0) is 9.59 Å². The first-order chi connectivity index (χ1) is 10.5. The van der Waals surface area contributed by atoms with Crippen LogP contribution in [0.4, 0.5) is 0 Å². The van der Waals surface area contributed by atoms with E-state index in [2.05, 4.69) is 11.9 Å². The van der Waals surface area contributed by atoms with Crippen molar-refractivity contribution in [1.29, 1.82) is 0 Å². The predicted molar refractivity (Wildman–Crippen MR) is 87.5 cm³/mol. The van der Waals surface area contributed by atoms with Crippen molar-refractivity contribution in [3.05, 3.63) is 0 Å². The van der Waals surface area contributed by atoms with Gasteiger partial charge in [0.2, 0.25) is 11.8 Å². The van der Waals surface area contributed by atoms with Gasteiger partial charge in [0.25, 0.3) is 0 Å². The lowest BCUT2D eigenvalue weighted by atomic mass is 10.00. The Labute approximate surface area is 134 Å². The minimum absolute atomic E-state index is 0.129. The number of hydrogen-bond donors (Lipinski definition) is 0. The third-order valence-corrected chi connectivity index (χ3v) is 5.10. The molecule has 2 aliphatic heterocycles. The van der Waals surface area contributed by atoms with Gasteiger partial charge in [-0.15, -0.1) is 0 Å². The molecule has 0 radical (unpaired) electrons. The van der Waals surface area contributed by atoms with Crippen LogP contribution in [0.2, 0.25) is 0 Å². The Morgan fingerprint density at radius 1 is 1.14 bits per heavy atom. The zero-order chi connectivity index (χ0) is 16.1. The van der Waals surface area contributed by atoms with Crippen LogP contribution in [0.3, 0.4) is 0 Å². The Kier molecular flexibility index (Phi) is 6.24. The summed E-state index contributed by atoms with van der Waals surface area (Å²) >= 11 is 0. The predicted octanol–water partition coefficient (Wildman–Crippen LogP) is 1.72. The van der Waals surface area contributed by atoms with Crippen LogP contribution in [0.5, 0.6) is 0 Å². The van der Waals surface area contributed by atoms with E-state index in [1.165, 1.54) is 6.42 Å². The fourth-order valence-corrected chi connectivity index (χ4v) is 3.71. The summed E-state index contributed by atoms with van der Waals surface area (Å²) in [5, 5.41) is 0. The zero-order valence-electron chi connectivity index (χ0n) is 14.4. The molecule has 0 aromatic rings. The number of likely N-dealkylation sites (tertiary alicyclic amines) is 2. The second-order valence-electron chi connectivity index (χ2n) is 6.84. The van der Waals surface area contributed by atoms with Crippen molar-refractivity contribution < 1.29 is 9.59 Å². The van der Waals surface area contributed by atoms with E-state index in [9.17, 15) is 9.59 Å². The highest BCUT2D eigenvalue weighted by Crippen LogP contribution is 2.21. The maximum atomic E-state index is 12.8. The molecule has 0 unspecified atom stereocenters. The van der Waals surface area contributed by atoms with E-state index in [0.717, 1.165) is 51.7 Å². The van der Waals surface area contributed by atoms with Crippen molar-refractivity contribution in [3.63, 3.8) is 0 Å². The summed E-state index contributed by atoms with van der Waals surface area (Å²) < 4.78 is 0. The fourth-order valence-electron chi connectivity index (χ4n) is 3.71. The molecular weight excluding hydrogens is 278 g/mol. The molecule has 126 valence electrons. The molecule has 2 heterocycles. The van der Waals surface area contributed by atoms with Gasteiger partial charge >= 0.3 is 0 Å². The minimum Gasteiger partial charge on any atom is -0.342 e. The van der Waals surface area contributed by atoms with Crippen LogP contribution in [0.15, 0.2) is 0 Å². The number of carbonyl (C=O) groups excluding carboxylic acids is 2. The van der Waals surface area contributed by atoms with Gasteiger partial charge < -0.3 is 14.7 Å². The van der Waals surface area contributed by atoms with Gasteiger partial charge in [0.1, 0.15) is 6.04 Å². The lowest BCUT2D eigenvalue weighted by Gasteiger charge is -2.37. The molecule has 2 fully saturated rings. The summed E-state index contributed by atoms with van der Waals surface area (Å²) in [7, 11) is 4.03. The van der Waals surface area contributed by atoms with Gasteiger partial charge in [-0.1, -0.05) is 6.92 Å². The molecule has 22 heavy (non-hydrogen) atoms. The normalized spacial score (nSPS) is 26.2. The second kappa shape index (κ2) is 7.95. The molecule has 5 nitrogen and oxygen atoms in total. The molecule has 2 atom stereocenters. The Morgan fingerprint density at radius 3 is 2.55 bits per heavy atom. The first-order valence-corrected chi connectivity index (χ1v) is 8.79. The summed E-state index contributed by atoms with van der Waals surface area (Å²) in [4.78, 5) is 31.1. The second-order valence-corrected chi connectivity index (χ2v) is 6.84. The summed E-state index contributed by atoms with van der Waals surface area (Å²) in [5.74, 6) is 0.274. The fraction of sp³-hybridized carbons (Fsp3) is 0.882. The topological polar surface area (TPSA) is 43.9 Å². The number of hydrogen-bond acceptors (Lipinski definition) is 3. The highest BCUT2D eigenvalue weighted by atomic mass is 16.2. The number of likely N-dealkylation sites (N-methyl/N-ethyl adjacent to an activating group) is 2. The lowest BCUT2D eigenvalue weighted by molar-refractivity contribution is -0.147. The third-order valence-electron chi connectivity index (χ3n) is 5.10. The smallest absolute Gasteiger partial charge is 0.245 e. The Morgan fingerprint density at radius 2 is 1.91 bits per heavy atom. The summed E-state index contributed by atoms with van der Waals surface area (Å²) in [6.07, 6.45) is 6.67. The molecule has 0 aromatic carbocycles.